The second kappa shape index (κ2) is 8.46. The molecule has 0 spiro atoms. The molecule has 13 heteroatoms. The van der Waals surface area contributed by atoms with Crippen LogP contribution in [0, 0.1) is 5.82 Å². The zero-order chi connectivity index (χ0) is 23.8. The summed E-state index contributed by atoms with van der Waals surface area (Å²) in [6.07, 6.45) is -1.69. The van der Waals surface area contributed by atoms with Crippen molar-refractivity contribution in [1.82, 2.24) is 19.7 Å². The zero-order valence-electron chi connectivity index (χ0n) is 16.8. The normalized spacial score (nSPS) is 15.6. The van der Waals surface area contributed by atoms with Crippen molar-refractivity contribution >= 4 is 15.7 Å². The summed E-state index contributed by atoms with van der Waals surface area (Å²) < 4.78 is 81.2. The summed E-state index contributed by atoms with van der Waals surface area (Å²) in [4.78, 5) is 18.0. The number of carbonyl (C=O) groups excluding carboxylic acids is 1. The lowest BCUT2D eigenvalue weighted by molar-refractivity contribution is -0.153. The third-order valence-electron chi connectivity index (χ3n) is 4.70. The van der Waals surface area contributed by atoms with Crippen molar-refractivity contribution in [1.29, 1.82) is 0 Å². The minimum Gasteiger partial charge on any atom is -0.484 e. The number of aromatic nitrogens is 3. The molecule has 3 aromatic rings. The zero-order valence-corrected chi connectivity index (χ0v) is 17.6. The first kappa shape index (κ1) is 22.7. The number of halogens is 4. The average Bonchev–Trinajstić information content (AvgIpc) is 3.35. The summed E-state index contributed by atoms with van der Waals surface area (Å²) in [5.41, 5.74) is 0.539. The number of ether oxygens (including phenoxy) is 1. The molecule has 1 saturated heterocycles. The van der Waals surface area contributed by atoms with Crippen molar-refractivity contribution in [3.63, 3.8) is 0 Å². The quantitative estimate of drug-likeness (QED) is 0.517. The fourth-order valence-corrected chi connectivity index (χ4v) is 4.61. The monoisotopic (exact) mass is 484 g/mol. The molecule has 0 N–H and O–H groups in total. The van der Waals surface area contributed by atoms with Crippen molar-refractivity contribution in [2.45, 2.75) is 6.18 Å². The number of benzene rings is 1. The molecule has 0 bridgehead atoms. The highest BCUT2D eigenvalue weighted by Gasteiger charge is 2.32. The van der Waals surface area contributed by atoms with Crippen LogP contribution in [-0.2, 0) is 9.84 Å². The van der Waals surface area contributed by atoms with E-state index in [4.69, 9.17) is 0 Å². The van der Waals surface area contributed by atoms with Gasteiger partial charge in [-0.15, -0.1) is 0 Å². The highest BCUT2D eigenvalue weighted by Crippen LogP contribution is 2.30. The lowest BCUT2D eigenvalue weighted by Crippen LogP contribution is -2.29. The van der Waals surface area contributed by atoms with Gasteiger partial charge in [0.05, 0.1) is 23.3 Å². The van der Waals surface area contributed by atoms with Crippen LogP contribution >= 0.6 is 0 Å². The van der Waals surface area contributed by atoms with Gasteiger partial charge in [-0.1, -0.05) is 0 Å². The SMILES string of the molecule is O=C(c1cc(-c2cc(F)cc(OCC(F)(F)F)c2)n(-c2cccnc2)n1)N1CCS(=O)(=O)C1. The van der Waals surface area contributed by atoms with Crippen LogP contribution in [0.1, 0.15) is 10.5 Å². The van der Waals surface area contributed by atoms with E-state index in [1.54, 1.807) is 12.1 Å². The van der Waals surface area contributed by atoms with E-state index in [0.29, 0.717) is 5.69 Å². The Morgan fingerprint density at radius 1 is 1.18 bits per heavy atom. The van der Waals surface area contributed by atoms with Gasteiger partial charge in [0.2, 0.25) is 0 Å². The molecule has 1 amide bonds. The smallest absolute Gasteiger partial charge is 0.422 e. The molecule has 0 aliphatic carbocycles. The molecule has 8 nitrogen and oxygen atoms in total. The van der Waals surface area contributed by atoms with E-state index in [2.05, 4.69) is 14.8 Å². The minimum absolute atomic E-state index is 0.00560. The minimum atomic E-state index is -4.61. The topological polar surface area (TPSA) is 94.4 Å². The van der Waals surface area contributed by atoms with E-state index >= 15 is 0 Å². The van der Waals surface area contributed by atoms with Gasteiger partial charge in [-0.25, -0.2) is 17.5 Å². The highest BCUT2D eigenvalue weighted by atomic mass is 32.2. The molecule has 1 aliphatic rings. The second-order valence-electron chi connectivity index (χ2n) is 7.26. The molecular formula is C20H16F4N4O4S. The van der Waals surface area contributed by atoms with E-state index in [1.165, 1.54) is 29.2 Å². The Balaban J connectivity index is 1.76. The largest absolute Gasteiger partial charge is 0.484 e. The fourth-order valence-electron chi connectivity index (χ4n) is 3.26. The maximum atomic E-state index is 14.2. The summed E-state index contributed by atoms with van der Waals surface area (Å²) in [5, 5.41) is 4.24. The molecule has 0 atom stereocenters. The maximum Gasteiger partial charge on any atom is 0.422 e. The van der Waals surface area contributed by atoms with Gasteiger partial charge in [0.15, 0.2) is 22.1 Å². The Kier molecular flexibility index (Phi) is 5.82. The summed E-state index contributed by atoms with van der Waals surface area (Å²) in [6, 6.07) is 7.56. The Morgan fingerprint density at radius 3 is 2.61 bits per heavy atom. The Labute approximate surface area is 185 Å². The van der Waals surface area contributed by atoms with Gasteiger partial charge >= 0.3 is 6.18 Å². The Morgan fingerprint density at radius 2 is 1.97 bits per heavy atom. The summed E-state index contributed by atoms with van der Waals surface area (Å²) in [6.45, 7) is -1.60. The van der Waals surface area contributed by atoms with E-state index < -0.39 is 40.2 Å². The van der Waals surface area contributed by atoms with Crippen LogP contribution in [0.25, 0.3) is 16.9 Å². The number of hydrogen-bond donors (Lipinski definition) is 0. The summed E-state index contributed by atoms with van der Waals surface area (Å²) >= 11 is 0. The molecule has 0 unspecified atom stereocenters. The highest BCUT2D eigenvalue weighted by molar-refractivity contribution is 7.91. The number of carbonyl (C=O) groups is 1. The molecule has 174 valence electrons. The molecule has 1 fully saturated rings. The molecule has 4 rings (SSSR count). The van der Waals surface area contributed by atoms with Crippen LogP contribution in [0.4, 0.5) is 17.6 Å². The number of rotatable bonds is 5. The average molecular weight is 484 g/mol. The van der Waals surface area contributed by atoms with Gasteiger partial charge in [0.25, 0.3) is 5.91 Å². The van der Waals surface area contributed by atoms with Gasteiger partial charge < -0.3 is 9.64 Å². The van der Waals surface area contributed by atoms with Gasteiger partial charge in [0, 0.05) is 24.4 Å². The number of pyridine rings is 1. The van der Waals surface area contributed by atoms with Gasteiger partial charge in [-0.3, -0.25) is 9.78 Å². The number of alkyl halides is 3. The van der Waals surface area contributed by atoms with Crippen LogP contribution < -0.4 is 4.74 Å². The number of amides is 1. The molecular weight excluding hydrogens is 468 g/mol. The number of sulfone groups is 1. The van der Waals surface area contributed by atoms with E-state index in [-0.39, 0.29) is 35.0 Å². The first-order chi connectivity index (χ1) is 15.5. The van der Waals surface area contributed by atoms with Crippen LogP contribution in [0.5, 0.6) is 5.75 Å². The lowest BCUT2D eigenvalue weighted by Gasteiger charge is -2.12. The predicted octanol–water partition coefficient (Wildman–Crippen LogP) is 2.84. The van der Waals surface area contributed by atoms with Gasteiger partial charge in [0.1, 0.15) is 17.4 Å². The van der Waals surface area contributed by atoms with Crippen LogP contribution in [0.2, 0.25) is 0 Å². The number of nitrogens with zero attached hydrogens (tertiary/aromatic N) is 4. The van der Waals surface area contributed by atoms with Gasteiger partial charge in [-0.2, -0.15) is 18.3 Å². The first-order valence-corrected chi connectivity index (χ1v) is 11.3. The van der Waals surface area contributed by atoms with E-state index in [0.717, 1.165) is 17.0 Å². The molecule has 1 aromatic carbocycles. The first-order valence-electron chi connectivity index (χ1n) is 9.51. The van der Waals surface area contributed by atoms with E-state index in [1.807, 2.05) is 0 Å². The third-order valence-corrected chi connectivity index (χ3v) is 6.21. The van der Waals surface area contributed by atoms with Crippen molar-refractivity contribution < 1.29 is 35.5 Å². The maximum absolute atomic E-state index is 14.2. The molecule has 33 heavy (non-hydrogen) atoms. The van der Waals surface area contributed by atoms with Crippen molar-refractivity contribution in [3.05, 3.63) is 60.3 Å². The van der Waals surface area contributed by atoms with Crippen LogP contribution in [0.3, 0.4) is 0 Å². The number of hydrogen-bond acceptors (Lipinski definition) is 6. The molecule has 3 heterocycles. The summed E-state index contributed by atoms with van der Waals surface area (Å²) in [7, 11) is -3.38. The fraction of sp³-hybridized carbons (Fsp3) is 0.250. The van der Waals surface area contributed by atoms with Crippen molar-refractivity contribution in [2.75, 3.05) is 24.8 Å². The summed E-state index contributed by atoms with van der Waals surface area (Å²) in [5.74, 6) is -2.48. The lowest BCUT2D eigenvalue weighted by atomic mass is 10.1. The molecule has 0 radical (unpaired) electrons. The third kappa shape index (κ3) is 5.30. The van der Waals surface area contributed by atoms with Crippen LogP contribution in [0.15, 0.2) is 48.8 Å². The molecule has 2 aromatic heterocycles. The predicted molar refractivity (Wildman–Crippen MR) is 108 cm³/mol. The second-order valence-corrected chi connectivity index (χ2v) is 9.42. The van der Waals surface area contributed by atoms with E-state index in [9.17, 15) is 30.8 Å². The van der Waals surface area contributed by atoms with Crippen molar-refractivity contribution in [2.24, 2.45) is 0 Å². The van der Waals surface area contributed by atoms with Crippen molar-refractivity contribution in [3.8, 4) is 22.7 Å². The Hall–Kier alpha value is -3.48. The molecule has 0 saturated carbocycles. The standard InChI is InChI=1S/C20H16F4N4O4S/c21-14-6-13(7-16(8-14)32-11-20(22,23)24)18-9-17(19(29)27-4-5-33(30,31)12-27)26-28(18)15-2-1-3-25-10-15/h1-3,6-10H,4-5,11-12H2. The van der Waals surface area contributed by atoms with Gasteiger partial charge in [-0.05, 0) is 30.3 Å². The molecule has 1 aliphatic heterocycles. The Bertz CT molecular complexity index is 1290. The van der Waals surface area contributed by atoms with Crippen LogP contribution in [-0.4, -0.2) is 64.9 Å².